The minimum Gasteiger partial charge on any atom is -0.556 e. The Hall–Kier alpha value is -0.503. The van der Waals surface area contributed by atoms with E-state index in [4.69, 9.17) is 4.43 Å². The van der Waals surface area contributed by atoms with Gasteiger partial charge in [0, 0.05) is 6.42 Å². The average molecular weight is 168 g/mol. The second kappa shape index (κ2) is 3.76. The van der Waals surface area contributed by atoms with Crippen molar-refractivity contribution in [1.82, 2.24) is 0 Å². The molecule has 1 rings (SSSR count). The quantitative estimate of drug-likeness (QED) is 0.449. The third kappa shape index (κ3) is 2.22. The van der Waals surface area contributed by atoms with Crippen LogP contribution in [-0.4, -0.2) is 10.5 Å². The largest absolute Gasteiger partial charge is 0.556 e. The molecule has 0 saturated carbocycles. The maximum absolute atomic E-state index is 5.29. The summed E-state index contributed by atoms with van der Waals surface area (Å²) >= 11 is 0. The lowest BCUT2D eigenvalue weighted by molar-refractivity contribution is 0.390. The van der Waals surface area contributed by atoms with E-state index in [1.165, 1.54) is 17.8 Å². The van der Waals surface area contributed by atoms with E-state index in [2.05, 4.69) is 19.6 Å². The predicted molar refractivity (Wildman–Crippen MR) is 51.3 cm³/mol. The summed E-state index contributed by atoms with van der Waals surface area (Å²) in [4.78, 5) is 0. The summed E-state index contributed by atoms with van der Waals surface area (Å²) in [5, 5.41) is 0. The van der Waals surface area contributed by atoms with Crippen molar-refractivity contribution < 1.29 is 4.43 Å². The van der Waals surface area contributed by atoms with E-state index in [0.717, 1.165) is 23.3 Å². The van der Waals surface area contributed by atoms with Crippen molar-refractivity contribution in [2.45, 2.75) is 26.2 Å². The molecule has 0 amide bonds. The fourth-order valence-electron chi connectivity index (χ4n) is 1.44. The van der Waals surface area contributed by atoms with Crippen molar-refractivity contribution in [1.29, 1.82) is 0 Å². The molecule has 62 valence electrons. The predicted octanol–water partition coefficient (Wildman–Crippen LogP) is 1.54. The maximum Gasteiger partial charge on any atom is 0.203 e. The molecule has 0 N–H and O–H groups in total. The molecular weight excluding hydrogens is 152 g/mol. The molecule has 0 radical (unpaired) electrons. The summed E-state index contributed by atoms with van der Waals surface area (Å²) in [6.07, 6.45) is 5.69. The van der Waals surface area contributed by atoms with Crippen molar-refractivity contribution in [3.8, 4) is 0 Å². The van der Waals surface area contributed by atoms with E-state index in [0.29, 0.717) is 5.92 Å². The Morgan fingerprint density at radius 1 is 1.82 bits per heavy atom. The van der Waals surface area contributed by atoms with Gasteiger partial charge >= 0.3 is 0 Å². The molecule has 0 fully saturated rings. The van der Waals surface area contributed by atoms with Gasteiger partial charge in [-0.05, 0) is 31.8 Å². The summed E-state index contributed by atoms with van der Waals surface area (Å²) in [5.74, 6) is 1.91. The van der Waals surface area contributed by atoms with E-state index in [1.54, 1.807) is 0 Å². The van der Waals surface area contributed by atoms with Crippen LogP contribution in [0.15, 0.2) is 24.0 Å². The van der Waals surface area contributed by atoms with E-state index in [-0.39, 0.29) is 0 Å². The molecule has 1 aliphatic carbocycles. The van der Waals surface area contributed by atoms with Crippen LogP contribution in [0.5, 0.6) is 0 Å². The zero-order chi connectivity index (χ0) is 8.27. The Morgan fingerprint density at radius 2 is 2.55 bits per heavy atom. The molecule has 2 heteroatoms. The smallest absolute Gasteiger partial charge is 0.203 e. The summed E-state index contributed by atoms with van der Waals surface area (Å²) in [6, 6.07) is 0. The van der Waals surface area contributed by atoms with Crippen LogP contribution >= 0.6 is 0 Å². The van der Waals surface area contributed by atoms with Crippen LogP contribution in [0.2, 0.25) is 0 Å². The standard InChI is InChI=1S/C9H16OSi/c1-7(2)8-3-5-9(10-11)6-4-8/h5,8H,1,3-4,6H2,2,11H3. The maximum atomic E-state index is 5.29. The summed E-state index contributed by atoms with van der Waals surface area (Å²) in [5.41, 5.74) is 1.31. The Bertz CT molecular complexity index is 184. The lowest BCUT2D eigenvalue weighted by Gasteiger charge is -2.21. The molecule has 0 heterocycles. The highest BCUT2D eigenvalue weighted by Crippen LogP contribution is 2.27. The van der Waals surface area contributed by atoms with Crippen molar-refractivity contribution in [3.05, 3.63) is 24.0 Å². The fourth-order valence-corrected chi connectivity index (χ4v) is 1.81. The summed E-state index contributed by atoms with van der Waals surface area (Å²) in [7, 11) is 0.829. The number of hydrogen-bond acceptors (Lipinski definition) is 1. The molecule has 0 saturated heterocycles. The lowest BCUT2D eigenvalue weighted by Crippen LogP contribution is -2.07. The summed E-state index contributed by atoms with van der Waals surface area (Å²) < 4.78 is 5.29. The van der Waals surface area contributed by atoms with E-state index < -0.39 is 0 Å². The van der Waals surface area contributed by atoms with Crippen LogP contribution in [0.25, 0.3) is 0 Å². The molecule has 1 aliphatic rings. The Labute approximate surface area is 71.7 Å². The Kier molecular flexibility index (Phi) is 2.94. The third-order valence-corrected chi connectivity index (χ3v) is 2.85. The first-order valence-corrected chi connectivity index (χ1v) is 4.94. The highest BCUT2D eigenvalue weighted by Gasteiger charge is 2.14. The van der Waals surface area contributed by atoms with Gasteiger partial charge in [-0.25, -0.2) is 0 Å². The molecule has 1 unspecified atom stereocenters. The van der Waals surface area contributed by atoms with E-state index >= 15 is 0 Å². The molecule has 0 aromatic heterocycles. The highest BCUT2D eigenvalue weighted by atomic mass is 28.2. The van der Waals surface area contributed by atoms with Gasteiger partial charge in [-0.15, -0.1) is 0 Å². The SMILES string of the molecule is C=C(C)C1CC=C(O[SiH3])CC1. The molecule has 11 heavy (non-hydrogen) atoms. The molecule has 1 nitrogen and oxygen atoms in total. The van der Waals surface area contributed by atoms with Crippen LogP contribution in [0.3, 0.4) is 0 Å². The first-order chi connectivity index (χ1) is 5.24. The van der Waals surface area contributed by atoms with Crippen LogP contribution in [0.1, 0.15) is 26.2 Å². The van der Waals surface area contributed by atoms with Gasteiger partial charge in [-0.1, -0.05) is 12.2 Å². The van der Waals surface area contributed by atoms with E-state index in [9.17, 15) is 0 Å². The second-order valence-corrected chi connectivity index (χ2v) is 3.60. The zero-order valence-electron chi connectivity index (χ0n) is 7.39. The van der Waals surface area contributed by atoms with Crippen molar-refractivity contribution >= 4 is 10.5 Å². The molecule has 0 aliphatic heterocycles. The average Bonchev–Trinajstić information content (AvgIpc) is 2.05. The van der Waals surface area contributed by atoms with Gasteiger partial charge in [0.25, 0.3) is 0 Å². The molecule has 1 atom stereocenters. The number of hydrogen-bond donors (Lipinski definition) is 0. The van der Waals surface area contributed by atoms with Gasteiger partial charge in [0.15, 0.2) is 0 Å². The van der Waals surface area contributed by atoms with Crippen LogP contribution in [0.4, 0.5) is 0 Å². The van der Waals surface area contributed by atoms with Gasteiger partial charge < -0.3 is 4.43 Å². The second-order valence-electron chi connectivity index (χ2n) is 3.19. The molecule has 0 spiro atoms. The normalized spacial score (nSPS) is 24.5. The molecule has 0 aromatic carbocycles. The third-order valence-electron chi connectivity index (χ3n) is 2.33. The molecule has 0 bridgehead atoms. The van der Waals surface area contributed by atoms with Crippen molar-refractivity contribution in [2.75, 3.05) is 0 Å². The lowest BCUT2D eigenvalue weighted by atomic mass is 9.88. The topological polar surface area (TPSA) is 9.23 Å². The fraction of sp³-hybridized carbons (Fsp3) is 0.556. The Balaban J connectivity index is 2.47. The van der Waals surface area contributed by atoms with Crippen LogP contribution < -0.4 is 0 Å². The Morgan fingerprint density at radius 3 is 2.91 bits per heavy atom. The number of allylic oxidation sites excluding steroid dienone is 3. The minimum atomic E-state index is 0.704. The first-order valence-electron chi connectivity index (χ1n) is 4.12. The van der Waals surface area contributed by atoms with Gasteiger partial charge in [0.05, 0.1) is 5.76 Å². The van der Waals surface area contributed by atoms with Gasteiger partial charge in [0.1, 0.15) is 0 Å². The highest BCUT2D eigenvalue weighted by molar-refractivity contribution is 5.98. The number of rotatable bonds is 2. The van der Waals surface area contributed by atoms with Crippen LogP contribution in [0, 0.1) is 5.92 Å². The molecule has 0 aromatic rings. The van der Waals surface area contributed by atoms with Gasteiger partial charge in [-0.2, -0.15) is 0 Å². The van der Waals surface area contributed by atoms with Crippen molar-refractivity contribution in [2.24, 2.45) is 5.92 Å². The van der Waals surface area contributed by atoms with E-state index in [1.807, 2.05) is 0 Å². The molecular formula is C9H16OSi. The van der Waals surface area contributed by atoms with Crippen molar-refractivity contribution in [3.63, 3.8) is 0 Å². The zero-order valence-corrected chi connectivity index (χ0v) is 9.39. The first kappa shape index (κ1) is 8.59. The van der Waals surface area contributed by atoms with Gasteiger partial charge in [-0.3, -0.25) is 0 Å². The van der Waals surface area contributed by atoms with Gasteiger partial charge in [0.2, 0.25) is 10.5 Å². The monoisotopic (exact) mass is 168 g/mol. The summed E-state index contributed by atoms with van der Waals surface area (Å²) in [6.45, 7) is 6.08. The minimum absolute atomic E-state index is 0.704. The van der Waals surface area contributed by atoms with Crippen LogP contribution in [-0.2, 0) is 4.43 Å².